The topological polar surface area (TPSA) is 61.9 Å². The Hall–Kier alpha value is -2.08. The minimum Gasteiger partial charge on any atom is -0.378 e. The zero-order valence-corrected chi connectivity index (χ0v) is 15.5. The van der Waals surface area contributed by atoms with Gasteiger partial charge in [0.25, 0.3) is 0 Å². The molecule has 138 valence electrons. The number of anilines is 2. The smallest absolute Gasteiger partial charge is 0.240 e. The van der Waals surface area contributed by atoms with Gasteiger partial charge in [-0.05, 0) is 24.5 Å². The number of rotatable bonds is 7. The molecule has 0 aliphatic carbocycles. The summed E-state index contributed by atoms with van der Waals surface area (Å²) in [6, 6.07) is 7.74. The Bertz CT molecular complexity index is 583. The van der Waals surface area contributed by atoms with Crippen LogP contribution in [0.1, 0.15) is 27.2 Å². The molecular formula is C19H29N3O3. The molecule has 1 aliphatic heterocycles. The van der Waals surface area contributed by atoms with E-state index in [-0.39, 0.29) is 18.4 Å². The van der Waals surface area contributed by atoms with E-state index in [2.05, 4.69) is 24.1 Å². The van der Waals surface area contributed by atoms with Crippen LogP contribution < -0.4 is 15.1 Å². The molecule has 1 saturated heterocycles. The maximum Gasteiger partial charge on any atom is 0.240 e. The second kappa shape index (κ2) is 9.42. The van der Waals surface area contributed by atoms with Gasteiger partial charge in [-0.1, -0.05) is 26.0 Å². The number of hydrogen-bond acceptors (Lipinski definition) is 4. The van der Waals surface area contributed by atoms with Crippen molar-refractivity contribution in [1.29, 1.82) is 0 Å². The lowest BCUT2D eigenvalue weighted by Crippen LogP contribution is -2.42. The molecule has 2 rings (SSSR count). The molecule has 0 atom stereocenters. The monoisotopic (exact) mass is 347 g/mol. The first-order chi connectivity index (χ1) is 12.0. The fourth-order valence-electron chi connectivity index (χ4n) is 2.83. The first-order valence-electron chi connectivity index (χ1n) is 8.95. The Morgan fingerprint density at radius 3 is 2.56 bits per heavy atom. The third-order valence-electron chi connectivity index (χ3n) is 4.25. The summed E-state index contributed by atoms with van der Waals surface area (Å²) in [6.45, 7) is 9.31. The zero-order chi connectivity index (χ0) is 18.2. The third kappa shape index (κ3) is 5.74. The van der Waals surface area contributed by atoms with Gasteiger partial charge in [-0.15, -0.1) is 0 Å². The van der Waals surface area contributed by atoms with Crippen molar-refractivity contribution >= 4 is 23.2 Å². The Labute approximate surface area is 150 Å². The van der Waals surface area contributed by atoms with E-state index in [0.717, 1.165) is 30.9 Å². The predicted octanol–water partition coefficient (Wildman–Crippen LogP) is 2.04. The van der Waals surface area contributed by atoms with Crippen molar-refractivity contribution in [3.63, 3.8) is 0 Å². The predicted molar refractivity (Wildman–Crippen MR) is 100.0 cm³/mol. The van der Waals surface area contributed by atoms with Crippen molar-refractivity contribution in [1.82, 2.24) is 5.32 Å². The minimum absolute atomic E-state index is 0.0365. The Morgan fingerprint density at radius 2 is 1.92 bits per heavy atom. The van der Waals surface area contributed by atoms with Gasteiger partial charge < -0.3 is 19.9 Å². The van der Waals surface area contributed by atoms with E-state index in [1.54, 1.807) is 4.90 Å². The molecular weight excluding hydrogens is 318 g/mol. The van der Waals surface area contributed by atoms with Crippen molar-refractivity contribution in [2.24, 2.45) is 5.92 Å². The van der Waals surface area contributed by atoms with E-state index >= 15 is 0 Å². The second-order valence-electron chi connectivity index (χ2n) is 6.73. The number of para-hydroxylation sites is 2. The van der Waals surface area contributed by atoms with Crippen LogP contribution in [0.5, 0.6) is 0 Å². The highest BCUT2D eigenvalue weighted by Gasteiger charge is 2.22. The summed E-state index contributed by atoms with van der Waals surface area (Å²) in [6.07, 6.45) is 0.927. The van der Waals surface area contributed by atoms with Gasteiger partial charge in [-0.3, -0.25) is 9.59 Å². The lowest BCUT2D eigenvalue weighted by atomic mass is 10.1. The summed E-state index contributed by atoms with van der Waals surface area (Å²) in [7, 11) is 0. The summed E-state index contributed by atoms with van der Waals surface area (Å²) in [5.74, 6) is 0.263. The first-order valence-corrected chi connectivity index (χ1v) is 8.95. The summed E-state index contributed by atoms with van der Waals surface area (Å²) in [4.78, 5) is 28.2. The van der Waals surface area contributed by atoms with Crippen LogP contribution in [0.3, 0.4) is 0 Å². The van der Waals surface area contributed by atoms with Crippen LogP contribution in [0.2, 0.25) is 0 Å². The van der Waals surface area contributed by atoms with Gasteiger partial charge in [0.15, 0.2) is 0 Å². The molecule has 0 radical (unpaired) electrons. The number of amides is 2. The number of hydrogen-bond donors (Lipinski definition) is 1. The fourth-order valence-corrected chi connectivity index (χ4v) is 2.83. The largest absolute Gasteiger partial charge is 0.378 e. The summed E-state index contributed by atoms with van der Waals surface area (Å²) < 4.78 is 5.41. The summed E-state index contributed by atoms with van der Waals surface area (Å²) in [5, 5.41) is 2.90. The van der Waals surface area contributed by atoms with Crippen LogP contribution in [0.15, 0.2) is 24.3 Å². The molecule has 6 nitrogen and oxygen atoms in total. The Balaban J connectivity index is 2.11. The lowest BCUT2D eigenvalue weighted by Gasteiger charge is -2.33. The van der Waals surface area contributed by atoms with Gasteiger partial charge >= 0.3 is 0 Å². The lowest BCUT2D eigenvalue weighted by molar-refractivity contribution is -0.123. The highest BCUT2D eigenvalue weighted by atomic mass is 16.5. The number of ether oxygens (including phenoxy) is 1. The normalized spacial score (nSPS) is 14.5. The van der Waals surface area contributed by atoms with Crippen LogP contribution in [-0.2, 0) is 14.3 Å². The zero-order valence-electron chi connectivity index (χ0n) is 15.5. The molecule has 0 aromatic heterocycles. The molecule has 1 fully saturated rings. The van der Waals surface area contributed by atoms with Gasteiger partial charge in [-0.2, -0.15) is 0 Å². The highest BCUT2D eigenvalue weighted by Crippen LogP contribution is 2.30. The highest BCUT2D eigenvalue weighted by molar-refractivity contribution is 6.00. The standard InChI is InChI=1S/C19H29N3O3/c1-15(2)8-9-20-19(24)14-22(16(3)23)18-7-5-4-6-17(18)21-10-12-25-13-11-21/h4-7,15H,8-14H2,1-3H3,(H,20,24). The van der Waals surface area contributed by atoms with Crippen LogP contribution >= 0.6 is 0 Å². The summed E-state index contributed by atoms with van der Waals surface area (Å²) >= 11 is 0. The minimum atomic E-state index is -0.139. The number of nitrogens with one attached hydrogen (secondary N) is 1. The van der Waals surface area contributed by atoms with E-state index in [9.17, 15) is 9.59 Å². The molecule has 0 bridgehead atoms. The van der Waals surface area contributed by atoms with Crippen LogP contribution in [0, 0.1) is 5.92 Å². The van der Waals surface area contributed by atoms with E-state index in [0.29, 0.717) is 25.7 Å². The molecule has 1 aromatic carbocycles. The SMILES string of the molecule is CC(=O)N(CC(=O)NCCC(C)C)c1ccccc1N1CCOCC1. The van der Waals surface area contributed by atoms with Gasteiger partial charge in [-0.25, -0.2) is 0 Å². The molecule has 0 saturated carbocycles. The van der Waals surface area contributed by atoms with Gasteiger partial charge in [0.1, 0.15) is 6.54 Å². The molecule has 1 heterocycles. The molecule has 25 heavy (non-hydrogen) atoms. The van der Waals surface area contributed by atoms with E-state index in [4.69, 9.17) is 4.74 Å². The Morgan fingerprint density at radius 1 is 1.24 bits per heavy atom. The van der Waals surface area contributed by atoms with Crippen molar-refractivity contribution < 1.29 is 14.3 Å². The number of carbonyl (C=O) groups is 2. The first kappa shape index (κ1) is 19.2. The maximum atomic E-state index is 12.3. The van der Waals surface area contributed by atoms with Gasteiger partial charge in [0, 0.05) is 26.6 Å². The average molecular weight is 347 g/mol. The van der Waals surface area contributed by atoms with Gasteiger partial charge in [0.05, 0.1) is 24.6 Å². The van der Waals surface area contributed by atoms with E-state index < -0.39 is 0 Å². The second-order valence-corrected chi connectivity index (χ2v) is 6.73. The molecule has 2 amide bonds. The molecule has 1 aliphatic rings. The van der Waals surface area contributed by atoms with Crippen molar-refractivity contribution in [3.05, 3.63) is 24.3 Å². The fraction of sp³-hybridized carbons (Fsp3) is 0.579. The maximum absolute atomic E-state index is 12.3. The van der Waals surface area contributed by atoms with Crippen molar-refractivity contribution in [2.45, 2.75) is 27.2 Å². The number of nitrogens with zero attached hydrogens (tertiary/aromatic N) is 2. The quantitative estimate of drug-likeness (QED) is 0.820. The number of benzene rings is 1. The molecule has 0 unspecified atom stereocenters. The van der Waals surface area contributed by atoms with Crippen LogP contribution in [0.25, 0.3) is 0 Å². The average Bonchev–Trinajstić information content (AvgIpc) is 2.60. The molecule has 0 spiro atoms. The summed E-state index contributed by atoms with van der Waals surface area (Å²) in [5.41, 5.74) is 1.74. The molecule has 1 N–H and O–H groups in total. The number of carbonyl (C=O) groups excluding carboxylic acids is 2. The van der Waals surface area contributed by atoms with Crippen molar-refractivity contribution in [3.8, 4) is 0 Å². The van der Waals surface area contributed by atoms with Crippen LogP contribution in [0.4, 0.5) is 11.4 Å². The van der Waals surface area contributed by atoms with Crippen molar-refractivity contribution in [2.75, 3.05) is 49.2 Å². The van der Waals surface area contributed by atoms with E-state index in [1.165, 1.54) is 6.92 Å². The van der Waals surface area contributed by atoms with E-state index in [1.807, 2.05) is 24.3 Å². The third-order valence-corrected chi connectivity index (χ3v) is 4.25. The molecule has 6 heteroatoms. The van der Waals surface area contributed by atoms with Crippen LogP contribution in [-0.4, -0.2) is 51.2 Å². The Kier molecular flexibility index (Phi) is 7.25. The van der Waals surface area contributed by atoms with Gasteiger partial charge in [0.2, 0.25) is 11.8 Å². The number of morpholine rings is 1. The molecule has 1 aromatic rings.